The summed E-state index contributed by atoms with van der Waals surface area (Å²) < 4.78 is 33.8. The molecule has 4 rings (SSSR count). The molecule has 1 saturated heterocycles. The summed E-state index contributed by atoms with van der Waals surface area (Å²) in [5.41, 5.74) is 3.91. The number of ether oxygens (including phenoxy) is 1. The van der Waals surface area contributed by atoms with Gasteiger partial charge in [-0.15, -0.1) is 10.2 Å². The van der Waals surface area contributed by atoms with Crippen molar-refractivity contribution in [1.82, 2.24) is 14.5 Å². The number of piperazine rings is 1. The highest BCUT2D eigenvalue weighted by Gasteiger charge is 2.31. The number of methoxy groups -OCH3 is 1. The summed E-state index contributed by atoms with van der Waals surface area (Å²) in [7, 11) is -2.01. The predicted molar refractivity (Wildman–Crippen MR) is 131 cm³/mol. The number of hydrogen-bond acceptors (Lipinski definition) is 6. The Morgan fingerprint density at radius 1 is 0.939 bits per heavy atom. The minimum Gasteiger partial charge on any atom is -0.496 e. The fraction of sp³-hybridized carbons (Fsp3) is 0.333. The van der Waals surface area contributed by atoms with Crippen LogP contribution in [0, 0.1) is 20.8 Å². The molecular formula is C24H27ClN4O3S. The van der Waals surface area contributed by atoms with Crippen LogP contribution in [-0.2, 0) is 10.0 Å². The molecule has 1 fully saturated rings. The van der Waals surface area contributed by atoms with Crippen LogP contribution in [-0.4, -0.2) is 56.2 Å². The molecule has 9 heteroatoms. The fourth-order valence-corrected chi connectivity index (χ4v) is 6.23. The summed E-state index contributed by atoms with van der Waals surface area (Å²) in [6.45, 7) is 7.41. The molecule has 1 aliphatic rings. The van der Waals surface area contributed by atoms with Gasteiger partial charge in [0.15, 0.2) is 5.82 Å². The van der Waals surface area contributed by atoms with Crippen molar-refractivity contribution >= 4 is 27.4 Å². The van der Waals surface area contributed by atoms with Crippen molar-refractivity contribution in [2.75, 3.05) is 38.2 Å². The third-order valence-electron chi connectivity index (χ3n) is 6.16. The summed E-state index contributed by atoms with van der Waals surface area (Å²) in [5.74, 6) is 1.45. The second-order valence-electron chi connectivity index (χ2n) is 8.12. The molecule has 2 heterocycles. The number of anilines is 1. The number of sulfonamides is 1. The quantitative estimate of drug-likeness (QED) is 0.537. The lowest BCUT2D eigenvalue weighted by Crippen LogP contribution is -2.49. The molecule has 0 N–H and O–H groups in total. The maximum absolute atomic E-state index is 13.4. The summed E-state index contributed by atoms with van der Waals surface area (Å²) in [5, 5.41) is 9.31. The normalized spacial score (nSPS) is 15.0. The van der Waals surface area contributed by atoms with E-state index in [9.17, 15) is 8.42 Å². The van der Waals surface area contributed by atoms with Crippen LogP contribution >= 0.6 is 11.6 Å². The van der Waals surface area contributed by atoms with Crippen molar-refractivity contribution < 1.29 is 13.2 Å². The number of rotatable bonds is 5. The van der Waals surface area contributed by atoms with Crippen LogP contribution in [0.25, 0.3) is 11.3 Å². The molecule has 2 aromatic carbocycles. The van der Waals surface area contributed by atoms with Gasteiger partial charge in [0.25, 0.3) is 0 Å². The number of nitrogens with zero attached hydrogens (tertiary/aromatic N) is 4. The highest BCUT2D eigenvalue weighted by atomic mass is 35.5. The molecule has 0 atom stereocenters. The molecule has 33 heavy (non-hydrogen) atoms. The minimum absolute atomic E-state index is 0.343. The van der Waals surface area contributed by atoms with Crippen LogP contribution in [0.5, 0.6) is 5.75 Å². The Hall–Kier alpha value is -2.68. The monoisotopic (exact) mass is 486 g/mol. The highest BCUT2D eigenvalue weighted by Crippen LogP contribution is 2.33. The molecule has 0 bridgehead atoms. The Labute approximate surface area is 200 Å². The van der Waals surface area contributed by atoms with Crippen LogP contribution in [0.4, 0.5) is 5.82 Å². The first-order valence-electron chi connectivity index (χ1n) is 10.7. The van der Waals surface area contributed by atoms with Crippen molar-refractivity contribution in [2.24, 2.45) is 0 Å². The molecule has 3 aromatic rings. The number of halogens is 1. The predicted octanol–water partition coefficient (Wildman–Crippen LogP) is 4.24. The van der Waals surface area contributed by atoms with Crippen molar-refractivity contribution in [3.8, 4) is 17.0 Å². The molecule has 0 amide bonds. The van der Waals surface area contributed by atoms with E-state index < -0.39 is 10.0 Å². The van der Waals surface area contributed by atoms with E-state index in [1.807, 2.05) is 62.1 Å². The van der Waals surface area contributed by atoms with Gasteiger partial charge in [-0.25, -0.2) is 8.42 Å². The zero-order valence-electron chi connectivity index (χ0n) is 19.2. The topological polar surface area (TPSA) is 75.6 Å². The maximum Gasteiger partial charge on any atom is 0.243 e. The van der Waals surface area contributed by atoms with E-state index in [0.717, 1.165) is 33.8 Å². The first-order chi connectivity index (χ1) is 15.7. The van der Waals surface area contributed by atoms with Gasteiger partial charge in [0.1, 0.15) is 5.75 Å². The lowest BCUT2D eigenvalue weighted by atomic mass is 10.1. The Bertz CT molecular complexity index is 1270. The van der Waals surface area contributed by atoms with Gasteiger partial charge in [-0.1, -0.05) is 29.8 Å². The molecule has 0 spiro atoms. The van der Waals surface area contributed by atoms with E-state index in [1.165, 1.54) is 0 Å². The third-order valence-corrected chi connectivity index (χ3v) is 8.52. The van der Waals surface area contributed by atoms with E-state index in [-0.39, 0.29) is 0 Å². The van der Waals surface area contributed by atoms with Gasteiger partial charge in [-0.2, -0.15) is 4.31 Å². The van der Waals surface area contributed by atoms with Gasteiger partial charge < -0.3 is 9.64 Å². The van der Waals surface area contributed by atoms with Gasteiger partial charge in [-0.3, -0.25) is 0 Å². The summed E-state index contributed by atoms with van der Waals surface area (Å²) in [4.78, 5) is 2.39. The number of aryl methyl sites for hydroxylation is 1. The molecule has 174 valence electrons. The van der Waals surface area contributed by atoms with Crippen LogP contribution in [0.3, 0.4) is 0 Å². The molecule has 7 nitrogen and oxygen atoms in total. The van der Waals surface area contributed by atoms with Gasteiger partial charge in [0, 0.05) is 31.7 Å². The first-order valence-corrected chi connectivity index (χ1v) is 12.5. The van der Waals surface area contributed by atoms with Crippen LogP contribution in [0.15, 0.2) is 47.4 Å². The summed E-state index contributed by atoms with van der Waals surface area (Å²) in [6, 6.07) is 13.0. The van der Waals surface area contributed by atoms with Crippen LogP contribution in [0.1, 0.15) is 16.7 Å². The Morgan fingerprint density at radius 2 is 1.64 bits per heavy atom. The van der Waals surface area contributed by atoms with E-state index in [2.05, 4.69) is 10.2 Å². The second kappa shape index (κ2) is 9.29. The second-order valence-corrected chi connectivity index (χ2v) is 10.4. The molecular weight excluding hydrogens is 460 g/mol. The highest BCUT2D eigenvalue weighted by molar-refractivity contribution is 7.89. The average Bonchev–Trinajstić information content (AvgIpc) is 2.82. The maximum atomic E-state index is 13.4. The zero-order chi connectivity index (χ0) is 23.8. The van der Waals surface area contributed by atoms with E-state index in [1.54, 1.807) is 17.5 Å². The number of benzene rings is 2. The van der Waals surface area contributed by atoms with E-state index in [0.29, 0.717) is 41.8 Å². The van der Waals surface area contributed by atoms with Gasteiger partial charge in [-0.05, 0) is 61.7 Å². The van der Waals surface area contributed by atoms with E-state index >= 15 is 0 Å². The van der Waals surface area contributed by atoms with Gasteiger partial charge >= 0.3 is 0 Å². The summed E-state index contributed by atoms with van der Waals surface area (Å²) in [6.07, 6.45) is 0. The zero-order valence-corrected chi connectivity index (χ0v) is 20.7. The van der Waals surface area contributed by atoms with Crippen LogP contribution in [0.2, 0.25) is 5.02 Å². The third kappa shape index (κ3) is 4.43. The van der Waals surface area contributed by atoms with Crippen molar-refractivity contribution in [3.05, 3.63) is 64.2 Å². The van der Waals surface area contributed by atoms with E-state index in [4.69, 9.17) is 16.3 Å². The first kappa shape index (κ1) is 23.5. The smallest absolute Gasteiger partial charge is 0.243 e. The largest absolute Gasteiger partial charge is 0.496 e. The Balaban J connectivity index is 1.49. The lowest BCUT2D eigenvalue weighted by Gasteiger charge is -2.35. The van der Waals surface area contributed by atoms with Crippen molar-refractivity contribution in [1.29, 1.82) is 0 Å². The molecule has 1 aromatic heterocycles. The van der Waals surface area contributed by atoms with Gasteiger partial charge in [0.05, 0.1) is 22.7 Å². The fourth-order valence-electron chi connectivity index (χ4n) is 4.21. The Morgan fingerprint density at radius 3 is 2.24 bits per heavy atom. The molecule has 0 radical (unpaired) electrons. The lowest BCUT2D eigenvalue weighted by molar-refractivity contribution is 0.382. The summed E-state index contributed by atoms with van der Waals surface area (Å²) >= 11 is 6.26. The molecule has 1 aliphatic heterocycles. The SMILES string of the molecule is COc1c(C)cc(S(=O)(=O)N2CCN(c3ccc(-c4ccccc4Cl)nn3)CC2)c(C)c1C. The molecule has 0 saturated carbocycles. The standard InChI is InChI=1S/C24H27ClN4O3S/c1-16-15-22(17(2)18(3)24(16)32-4)33(30,31)29-13-11-28(12-14-29)23-10-9-21(26-27-23)19-7-5-6-8-20(19)25/h5-10,15H,11-14H2,1-4H3. The van der Waals surface area contributed by atoms with Crippen molar-refractivity contribution in [3.63, 3.8) is 0 Å². The number of aromatic nitrogens is 2. The average molecular weight is 487 g/mol. The minimum atomic E-state index is -3.62. The molecule has 0 unspecified atom stereocenters. The number of hydrogen-bond donors (Lipinski definition) is 0. The molecule has 0 aliphatic carbocycles. The van der Waals surface area contributed by atoms with Crippen molar-refractivity contribution in [2.45, 2.75) is 25.7 Å². The van der Waals surface area contributed by atoms with Crippen LogP contribution < -0.4 is 9.64 Å². The van der Waals surface area contributed by atoms with Gasteiger partial charge in [0.2, 0.25) is 10.0 Å². The Kier molecular flexibility index (Phi) is 6.61.